The Bertz CT molecular complexity index is 323. The quantitative estimate of drug-likeness (QED) is 0.604. The molecule has 0 unspecified atom stereocenters. The number of halogens is 1. The average molecular weight is 238 g/mol. The number of hydrogen-bond donors (Lipinski definition) is 2. The van der Waals surface area contributed by atoms with Gasteiger partial charge in [0.1, 0.15) is 5.82 Å². The topological polar surface area (TPSA) is 33.3 Å². The van der Waals surface area contributed by atoms with Crippen LogP contribution in [0.25, 0.3) is 0 Å². The number of nitrogens with one attached hydrogen (secondary N) is 2. The lowest BCUT2D eigenvalue weighted by atomic mass is 10.1. The van der Waals surface area contributed by atoms with Gasteiger partial charge in [-0.1, -0.05) is 12.1 Å². The maximum absolute atomic E-state index is 12.7. The summed E-state index contributed by atoms with van der Waals surface area (Å²) in [5.41, 5.74) is 0.999. The molecular weight excluding hydrogens is 219 g/mol. The van der Waals surface area contributed by atoms with E-state index in [1.54, 1.807) is 12.1 Å². The summed E-state index contributed by atoms with van der Waals surface area (Å²) in [6, 6.07) is 6.97. The Hall–Kier alpha value is -0.970. The van der Waals surface area contributed by atoms with Gasteiger partial charge in [-0.15, -0.1) is 0 Å². The molecule has 2 rings (SSSR count). The van der Waals surface area contributed by atoms with Crippen LogP contribution in [0.15, 0.2) is 24.3 Å². The molecule has 0 radical (unpaired) electrons. The first-order valence-electron chi connectivity index (χ1n) is 6.11. The van der Waals surface area contributed by atoms with Crippen molar-refractivity contribution in [3.05, 3.63) is 35.6 Å². The van der Waals surface area contributed by atoms with E-state index in [1.165, 1.54) is 12.1 Å². The Morgan fingerprint density at radius 2 is 1.94 bits per heavy atom. The van der Waals surface area contributed by atoms with Crippen molar-refractivity contribution in [2.75, 3.05) is 19.8 Å². The summed E-state index contributed by atoms with van der Waals surface area (Å²) < 4.78 is 18.2. The van der Waals surface area contributed by atoms with E-state index in [9.17, 15) is 4.39 Å². The molecule has 1 aliphatic rings. The minimum Gasteiger partial charge on any atom is -0.362 e. The zero-order chi connectivity index (χ0) is 11.9. The van der Waals surface area contributed by atoms with Gasteiger partial charge in [-0.3, -0.25) is 5.32 Å². The van der Waals surface area contributed by atoms with Gasteiger partial charge < -0.3 is 10.1 Å². The molecule has 1 aromatic rings. The molecule has 4 heteroatoms. The molecular formula is C13H19FN2O. The Morgan fingerprint density at radius 1 is 1.24 bits per heavy atom. The van der Waals surface area contributed by atoms with Crippen LogP contribution in [-0.2, 0) is 11.3 Å². The van der Waals surface area contributed by atoms with Crippen molar-refractivity contribution >= 4 is 0 Å². The van der Waals surface area contributed by atoms with E-state index in [0.717, 1.165) is 31.5 Å². The third-order valence-corrected chi connectivity index (χ3v) is 3.00. The molecule has 17 heavy (non-hydrogen) atoms. The summed E-state index contributed by atoms with van der Waals surface area (Å²) in [6.45, 7) is 3.24. The third kappa shape index (κ3) is 4.42. The molecule has 0 saturated carbocycles. The molecule has 0 spiro atoms. The normalized spacial score (nSPS) is 17.2. The molecule has 2 N–H and O–H groups in total. The Balaban J connectivity index is 1.60. The predicted molar refractivity (Wildman–Crippen MR) is 65.1 cm³/mol. The van der Waals surface area contributed by atoms with Crippen molar-refractivity contribution < 1.29 is 9.13 Å². The minimum atomic E-state index is -0.207. The molecule has 1 fully saturated rings. The Labute approximate surface area is 101 Å². The minimum absolute atomic E-state index is 0.207. The highest BCUT2D eigenvalue weighted by molar-refractivity contribution is 5.14. The van der Waals surface area contributed by atoms with Gasteiger partial charge in [-0.25, -0.2) is 4.39 Å². The summed E-state index contributed by atoms with van der Waals surface area (Å²) in [5, 5.41) is 6.69. The van der Waals surface area contributed by atoms with Gasteiger partial charge in [0.2, 0.25) is 0 Å². The van der Waals surface area contributed by atoms with Crippen LogP contribution in [-0.4, -0.2) is 25.9 Å². The molecule has 0 aromatic heterocycles. The van der Waals surface area contributed by atoms with Crippen molar-refractivity contribution in [1.29, 1.82) is 0 Å². The van der Waals surface area contributed by atoms with Crippen molar-refractivity contribution in [3.8, 4) is 0 Å². The molecule has 1 aliphatic heterocycles. The first kappa shape index (κ1) is 12.5. The Kier molecular flexibility index (Phi) is 4.91. The fourth-order valence-corrected chi connectivity index (χ4v) is 1.95. The van der Waals surface area contributed by atoms with Crippen LogP contribution in [0.5, 0.6) is 0 Å². The first-order valence-corrected chi connectivity index (χ1v) is 6.11. The lowest BCUT2D eigenvalue weighted by Gasteiger charge is -2.23. The highest BCUT2D eigenvalue weighted by Crippen LogP contribution is 2.05. The first-order chi connectivity index (χ1) is 8.34. The van der Waals surface area contributed by atoms with E-state index < -0.39 is 0 Å². The zero-order valence-electron chi connectivity index (χ0n) is 9.92. The van der Waals surface area contributed by atoms with Crippen LogP contribution in [0.1, 0.15) is 18.4 Å². The average Bonchev–Trinajstić information content (AvgIpc) is 2.38. The van der Waals surface area contributed by atoms with Gasteiger partial charge in [0.15, 0.2) is 0 Å². The molecule has 0 bridgehead atoms. The van der Waals surface area contributed by atoms with Crippen LogP contribution in [0, 0.1) is 5.82 Å². The summed E-state index contributed by atoms with van der Waals surface area (Å²) in [4.78, 5) is 0. The van der Waals surface area contributed by atoms with Crippen LogP contribution >= 0.6 is 0 Å². The highest BCUT2D eigenvalue weighted by atomic mass is 19.1. The van der Waals surface area contributed by atoms with Gasteiger partial charge in [-0.2, -0.15) is 0 Å². The monoisotopic (exact) mass is 238 g/mol. The van der Waals surface area contributed by atoms with E-state index in [-0.39, 0.29) is 5.82 Å². The van der Waals surface area contributed by atoms with Crippen LogP contribution in [0.2, 0.25) is 0 Å². The second kappa shape index (κ2) is 6.69. The van der Waals surface area contributed by atoms with Gasteiger partial charge in [0.25, 0.3) is 0 Å². The van der Waals surface area contributed by atoms with Crippen molar-refractivity contribution in [3.63, 3.8) is 0 Å². The molecule has 1 saturated heterocycles. The van der Waals surface area contributed by atoms with Gasteiger partial charge >= 0.3 is 0 Å². The standard InChI is InChI=1S/C13H19FN2O/c14-12-3-1-11(2-4-12)9-17-10-16-13-5-7-15-8-6-13/h1-4,13,15-16H,5-10H2. The SMILES string of the molecule is Fc1ccc(COCNC2CCNCC2)cc1. The van der Waals surface area contributed by atoms with Crippen LogP contribution in [0.3, 0.4) is 0 Å². The van der Waals surface area contributed by atoms with Crippen molar-refractivity contribution in [2.45, 2.75) is 25.5 Å². The second-order valence-electron chi connectivity index (χ2n) is 4.35. The maximum atomic E-state index is 12.7. The number of hydrogen-bond acceptors (Lipinski definition) is 3. The summed E-state index contributed by atoms with van der Waals surface area (Å²) >= 11 is 0. The number of ether oxygens (including phenoxy) is 1. The molecule has 3 nitrogen and oxygen atoms in total. The predicted octanol–water partition coefficient (Wildman–Crippen LogP) is 1.64. The lowest BCUT2D eigenvalue weighted by molar-refractivity contribution is 0.0916. The molecule has 0 aliphatic carbocycles. The number of benzene rings is 1. The Morgan fingerprint density at radius 3 is 2.65 bits per heavy atom. The summed E-state index contributed by atoms with van der Waals surface area (Å²) in [5.74, 6) is -0.207. The number of piperidine rings is 1. The van der Waals surface area contributed by atoms with E-state index in [2.05, 4.69) is 10.6 Å². The third-order valence-electron chi connectivity index (χ3n) is 3.00. The largest absolute Gasteiger partial charge is 0.362 e. The van der Waals surface area contributed by atoms with Crippen molar-refractivity contribution in [1.82, 2.24) is 10.6 Å². The second-order valence-corrected chi connectivity index (χ2v) is 4.35. The van der Waals surface area contributed by atoms with E-state index in [0.29, 0.717) is 19.4 Å². The van der Waals surface area contributed by atoms with Gasteiger partial charge in [-0.05, 0) is 43.6 Å². The van der Waals surface area contributed by atoms with Crippen LogP contribution in [0.4, 0.5) is 4.39 Å². The van der Waals surface area contributed by atoms with E-state index >= 15 is 0 Å². The van der Waals surface area contributed by atoms with Crippen molar-refractivity contribution in [2.24, 2.45) is 0 Å². The fourth-order valence-electron chi connectivity index (χ4n) is 1.95. The van der Waals surface area contributed by atoms with Crippen LogP contribution < -0.4 is 10.6 Å². The fraction of sp³-hybridized carbons (Fsp3) is 0.538. The molecule has 94 valence electrons. The number of rotatable bonds is 5. The molecule has 0 amide bonds. The molecule has 1 heterocycles. The van der Waals surface area contributed by atoms with Gasteiger partial charge in [0, 0.05) is 6.04 Å². The summed E-state index contributed by atoms with van der Waals surface area (Å²) in [7, 11) is 0. The highest BCUT2D eigenvalue weighted by Gasteiger charge is 2.11. The summed E-state index contributed by atoms with van der Waals surface area (Å²) in [6.07, 6.45) is 2.31. The molecule has 0 atom stereocenters. The maximum Gasteiger partial charge on any atom is 0.123 e. The van der Waals surface area contributed by atoms with Gasteiger partial charge in [0.05, 0.1) is 13.3 Å². The van der Waals surface area contributed by atoms with E-state index in [1.807, 2.05) is 0 Å². The zero-order valence-corrected chi connectivity index (χ0v) is 9.92. The smallest absolute Gasteiger partial charge is 0.123 e. The molecule has 1 aromatic carbocycles. The van der Waals surface area contributed by atoms with E-state index in [4.69, 9.17) is 4.74 Å². The lowest BCUT2D eigenvalue weighted by Crippen LogP contribution is -2.40.